The van der Waals surface area contributed by atoms with Gasteiger partial charge >= 0.3 is 0 Å². The van der Waals surface area contributed by atoms with E-state index in [1.165, 1.54) is 6.07 Å². The third-order valence-corrected chi connectivity index (χ3v) is 3.75. The first kappa shape index (κ1) is 17.6. The monoisotopic (exact) mass is 295 g/mol. The molecule has 1 unspecified atom stereocenters. The number of aryl methyl sites for hydroxylation is 1. The van der Waals surface area contributed by atoms with Gasteiger partial charge in [0.25, 0.3) is 0 Å². The summed E-state index contributed by atoms with van der Waals surface area (Å²) >= 11 is 6.05. The van der Waals surface area contributed by atoms with E-state index >= 15 is 0 Å². The van der Waals surface area contributed by atoms with Crippen LogP contribution in [-0.4, -0.2) is 11.2 Å². The Kier molecular flexibility index (Phi) is 7.15. The highest BCUT2D eigenvalue weighted by molar-refractivity contribution is 6.32. The van der Waals surface area contributed by atoms with Gasteiger partial charge < -0.3 is 10.8 Å². The van der Waals surface area contributed by atoms with Crippen molar-refractivity contribution in [3.05, 3.63) is 34.1 Å². The number of halogens is 3. The average molecular weight is 296 g/mol. The van der Waals surface area contributed by atoms with Crippen molar-refractivity contribution in [2.75, 3.05) is 0 Å². The molecule has 0 aliphatic rings. The summed E-state index contributed by atoms with van der Waals surface area (Å²) < 4.78 is 13.7. The van der Waals surface area contributed by atoms with E-state index in [1.807, 2.05) is 13.8 Å². The lowest BCUT2D eigenvalue weighted by Gasteiger charge is -2.25. The minimum absolute atomic E-state index is 0. The Morgan fingerprint density at radius 3 is 2.50 bits per heavy atom. The van der Waals surface area contributed by atoms with Crippen LogP contribution >= 0.6 is 24.0 Å². The fraction of sp³-hybridized carbons (Fsp3) is 0.538. The maximum Gasteiger partial charge on any atom is 0.129 e. The third-order valence-electron chi connectivity index (χ3n) is 3.25. The van der Waals surface area contributed by atoms with E-state index in [1.54, 1.807) is 13.0 Å². The number of aliphatic hydroxyl groups is 1. The molecule has 0 aliphatic heterocycles. The van der Waals surface area contributed by atoms with Crippen LogP contribution in [0.5, 0.6) is 0 Å². The molecular formula is C13H20Cl2FNO. The smallest absolute Gasteiger partial charge is 0.129 e. The van der Waals surface area contributed by atoms with E-state index in [0.29, 0.717) is 5.02 Å². The Morgan fingerprint density at radius 2 is 2.00 bits per heavy atom. The number of hydrogen-bond donors (Lipinski definition) is 2. The summed E-state index contributed by atoms with van der Waals surface area (Å²) in [5.74, 6) is -0.462. The molecule has 18 heavy (non-hydrogen) atoms. The molecule has 1 rings (SSSR count). The topological polar surface area (TPSA) is 46.2 Å². The van der Waals surface area contributed by atoms with Crippen LogP contribution in [0.1, 0.15) is 37.4 Å². The van der Waals surface area contributed by atoms with Crippen molar-refractivity contribution in [2.24, 2.45) is 11.7 Å². The summed E-state index contributed by atoms with van der Waals surface area (Å²) in [5.41, 5.74) is 6.88. The van der Waals surface area contributed by atoms with Gasteiger partial charge in [0, 0.05) is 5.56 Å². The molecule has 0 aromatic heterocycles. The standard InChI is InChI=1S/C13H19ClFNO.ClH/c1-4-7(2)13(17)12(16)10-9(15)6-5-8(3)11(10)14;/h5-7,12-13,17H,4,16H2,1-3H3;1H/t7?,12-,13+;/m1./s1. The quantitative estimate of drug-likeness (QED) is 0.891. The molecule has 0 heterocycles. The van der Waals surface area contributed by atoms with Crippen molar-refractivity contribution in [1.29, 1.82) is 0 Å². The molecule has 3 N–H and O–H groups in total. The molecule has 0 bridgehead atoms. The molecule has 0 amide bonds. The Hall–Kier alpha value is -0.350. The van der Waals surface area contributed by atoms with Gasteiger partial charge in [-0.2, -0.15) is 0 Å². The molecule has 0 saturated carbocycles. The largest absolute Gasteiger partial charge is 0.391 e. The normalized spacial score (nSPS) is 15.7. The second-order valence-electron chi connectivity index (χ2n) is 4.49. The predicted octanol–water partition coefficient (Wildman–Crippen LogP) is 3.62. The molecule has 0 spiro atoms. The van der Waals surface area contributed by atoms with E-state index in [9.17, 15) is 9.50 Å². The summed E-state index contributed by atoms with van der Waals surface area (Å²) in [6.45, 7) is 5.62. The average Bonchev–Trinajstić information content (AvgIpc) is 2.32. The van der Waals surface area contributed by atoms with E-state index in [2.05, 4.69) is 0 Å². The highest BCUT2D eigenvalue weighted by Gasteiger charge is 2.26. The van der Waals surface area contributed by atoms with Gasteiger partial charge in [0.15, 0.2) is 0 Å². The SMILES string of the molecule is CCC(C)[C@H](O)[C@H](N)c1c(F)ccc(C)c1Cl.Cl. The molecule has 0 saturated heterocycles. The van der Waals surface area contributed by atoms with Gasteiger partial charge in [-0.05, 0) is 24.5 Å². The number of aliphatic hydroxyl groups excluding tert-OH is 1. The Bertz CT molecular complexity index is 401. The van der Waals surface area contributed by atoms with E-state index in [4.69, 9.17) is 17.3 Å². The van der Waals surface area contributed by atoms with Crippen LogP contribution in [0.15, 0.2) is 12.1 Å². The van der Waals surface area contributed by atoms with Crippen LogP contribution in [0, 0.1) is 18.7 Å². The van der Waals surface area contributed by atoms with Crippen LogP contribution < -0.4 is 5.73 Å². The molecule has 2 nitrogen and oxygen atoms in total. The number of hydrogen-bond acceptors (Lipinski definition) is 2. The molecule has 3 atom stereocenters. The molecule has 1 aromatic rings. The van der Waals surface area contributed by atoms with Crippen LogP contribution in [-0.2, 0) is 0 Å². The van der Waals surface area contributed by atoms with Crippen molar-refractivity contribution < 1.29 is 9.50 Å². The zero-order valence-electron chi connectivity index (χ0n) is 10.8. The Morgan fingerprint density at radius 1 is 1.44 bits per heavy atom. The second kappa shape index (κ2) is 7.29. The molecule has 5 heteroatoms. The number of nitrogens with two attached hydrogens (primary N) is 1. The zero-order chi connectivity index (χ0) is 13.2. The highest BCUT2D eigenvalue weighted by atomic mass is 35.5. The van der Waals surface area contributed by atoms with Crippen molar-refractivity contribution in [3.63, 3.8) is 0 Å². The van der Waals surface area contributed by atoms with Crippen molar-refractivity contribution in [2.45, 2.75) is 39.3 Å². The third kappa shape index (κ3) is 3.58. The molecule has 0 radical (unpaired) electrons. The summed E-state index contributed by atoms with van der Waals surface area (Å²) in [5, 5.41) is 10.3. The first-order valence-electron chi connectivity index (χ1n) is 5.78. The number of benzene rings is 1. The first-order chi connectivity index (χ1) is 7.90. The molecule has 0 aliphatic carbocycles. The fourth-order valence-electron chi connectivity index (χ4n) is 1.75. The lowest BCUT2D eigenvalue weighted by Crippen LogP contribution is -2.32. The van der Waals surface area contributed by atoms with Crippen molar-refractivity contribution >= 4 is 24.0 Å². The zero-order valence-corrected chi connectivity index (χ0v) is 12.4. The Labute approximate surface area is 119 Å². The van der Waals surface area contributed by atoms with Gasteiger partial charge in [-0.1, -0.05) is 37.9 Å². The maximum absolute atomic E-state index is 13.7. The molecule has 0 fully saturated rings. The molecule has 104 valence electrons. The van der Waals surface area contributed by atoms with Crippen LogP contribution in [0.3, 0.4) is 0 Å². The van der Waals surface area contributed by atoms with Gasteiger partial charge in [0.2, 0.25) is 0 Å². The van der Waals surface area contributed by atoms with Gasteiger partial charge in [-0.3, -0.25) is 0 Å². The van der Waals surface area contributed by atoms with Crippen LogP contribution in [0.4, 0.5) is 4.39 Å². The summed E-state index contributed by atoms with van der Waals surface area (Å²) in [4.78, 5) is 0. The lowest BCUT2D eigenvalue weighted by molar-refractivity contribution is 0.0867. The van der Waals surface area contributed by atoms with E-state index < -0.39 is 18.0 Å². The van der Waals surface area contributed by atoms with Gasteiger partial charge in [-0.15, -0.1) is 12.4 Å². The van der Waals surface area contributed by atoms with Gasteiger partial charge in [0.1, 0.15) is 5.82 Å². The van der Waals surface area contributed by atoms with Crippen molar-refractivity contribution in [3.8, 4) is 0 Å². The maximum atomic E-state index is 13.7. The summed E-state index contributed by atoms with van der Waals surface area (Å²) in [7, 11) is 0. The van der Waals surface area contributed by atoms with Crippen LogP contribution in [0.25, 0.3) is 0 Å². The van der Waals surface area contributed by atoms with Gasteiger partial charge in [-0.25, -0.2) is 4.39 Å². The van der Waals surface area contributed by atoms with Crippen molar-refractivity contribution in [1.82, 2.24) is 0 Å². The summed E-state index contributed by atoms with van der Waals surface area (Å²) in [6, 6.07) is 2.14. The fourth-order valence-corrected chi connectivity index (χ4v) is 2.03. The minimum atomic E-state index is -0.797. The minimum Gasteiger partial charge on any atom is -0.391 e. The number of rotatable bonds is 4. The highest BCUT2D eigenvalue weighted by Crippen LogP contribution is 2.31. The first-order valence-corrected chi connectivity index (χ1v) is 6.16. The summed E-state index contributed by atoms with van der Waals surface area (Å²) in [6.07, 6.45) is -0.0197. The Balaban J connectivity index is 0.00000289. The van der Waals surface area contributed by atoms with Gasteiger partial charge in [0.05, 0.1) is 17.2 Å². The predicted molar refractivity (Wildman–Crippen MR) is 75.8 cm³/mol. The lowest BCUT2D eigenvalue weighted by atomic mass is 9.90. The second-order valence-corrected chi connectivity index (χ2v) is 4.87. The van der Waals surface area contributed by atoms with E-state index in [-0.39, 0.29) is 23.9 Å². The molecule has 1 aromatic carbocycles. The molecular weight excluding hydrogens is 276 g/mol. The van der Waals surface area contributed by atoms with E-state index in [0.717, 1.165) is 12.0 Å². The van der Waals surface area contributed by atoms with Crippen LogP contribution in [0.2, 0.25) is 5.02 Å².